The normalized spacial score (nSPS) is 25.8. The number of benzene rings is 1. The van der Waals surface area contributed by atoms with Gasteiger partial charge in [-0.1, -0.05) is 12.1 Å². The largest absolute Gasteiger partial charge is 0.585 e. The first-order valence-corrected chi connectivity index (χ1v) is 4.90. The van der Waals surface area contributed by atoms with Crippen LogP contribution in [0, 0.1) is 6.92 Å². The molecule has 1 aromatic carbocycles. The van der Waals surface area contributed by atoms with Gasteiger partial charge in [0.25, 0.3) is 0 Å². The molecule has 2 rings (SSSR count). The van der Waals surface area contributed by atoms with Crippen molar-refractivity contribution >= 4 is 7.82 Å². The van der Waals surface area contributed by atoms with Crippen LogP contribution in [0.5, 0.6) is 11.5 Å². The molecule has 0 aromatic heterocycles. The van der Waals surface area contributed by atoms with E-state index in [1.165, 1.54) is 0 Å². The van der Waals surface area contributed by atoms with E-state index in [4.69, 9.17) is 9.42 Å². The standard InChI is InChI=1S/C7H7O4P/c1-5-3-2-4-6-7(5)11-12(8,9)10-6/h2-4H,1H3,(H,8,9). The van der Waals surface area contributed by atoms with Crippen molar-refractivity contribution in [2.45, 2.75) is 6.92 Å². The number of phosphoric ester groups is 1. The second-order valence-electron chi connectivity index (χ2n) is 2.55. The Morgan fingerprint density at radius 1 is 1.42 bits per heavy atom. The lowest BCUT2D eigenvalue weighted by Gasteiger charge is -1.98. The van der Waals surface area contributed by atoms with Crippen LogP contribution in [0.1, 0.15) is 5.56 Å². The van der Waals surface area contributed by atoms with Crippen LogP contribution in [0.2, 0.25) is 0 Å². The fourth-order valence-electron chi connectivity index (χ4n) is 1.07. The number of hydrogen-bond donors (Lipinski definition) is 1. The number of phosphoric acid groups is 1. The smallest absolute Gasteiger partial charge is 0.391 e. The van der Waals surface area contributed by atoms with E-state index in [0.717, 1.165) is 5.56 Å². The maximum atomic E-state index is 10.9. The van der Waals surface area contributed by atoms with Crippen molar-refractivity contribution in [2.75, 3.05) is 0 Å². The Kier molecular flexibility index (Phi) is 1.43. The molecule has 1 aromatic rings. The van der Waals surface area contributed by atoms with Gasteiger partial charge in [-0.15, -0.1) is 0 Å². The topological polar surface area (TPSA) is 55.8 Å². The van der Waals surface area contributed by atoms with Gasteiger partial charge in [-0.2, -0.15) is 0 Å². The molecule has 12 heavy (non-hydrogen) atoms. The van der Waals surface area contributed by atoms with Crippen molar-refractivity contribution in [3.05, 3.63) is 23.8 Å². The summed E-state index contributed by atoms with van der Waals surface area (Å²) in [6, 6.07) is 5.12. The molecule has 0 bridgehead atoms. The fraction of sp³-hybridized carbons (Fsp3) is 0.143. The molecule has 0 spiro atoms. The average molecular weight is 186 g/mol. The maximum absolute atomic E-state index is 10.9. The summed E-state index contributed by atoms with van der Waals surface area (Å²) < 4.78 is 20.3. The summed E-state index contributed by atoms with van der Waals surface area (Å²) >= 11 is 0. The van der Waals surface area contributed by atoms with E-state index >= 15 is 0 Å². The molecule has 4 nitrogen and oxygen atoms in total. The highest BCUT2D eigenvalue weighted by molar-refractivity contribution is 7.48. The SMILES string of the molecule is Cc1cccc2c1OP(=O)(O)O2. The van der Waals surface area contributed by atoms with Crippen molar-refractivity contribution in [2.24, 2.45) is 0 Å². The molecular weight excluding hydrogens is 179 g/mol. The van der Waals surface area contributed by atoms with Gasteiger partial charge in [0, 0.05) is 0 Å². The van der Waals surface area contributed by atoms with Crippen molar-refractivity contribution in [3.8, 4) is 11.5 Å². The molecule has 0 aliphatic carbocycles. The molecule has 64 valence electrons. The summed E-state index contributed by atoms with van der Waals surface area (Å²) in [5, 5.41) is 0. The minimum Gasteiger partial charge on any atom is -0.391 e. The Morgan fingerprint density at radius 3 is 2.83 bits per heavy atom. The van der Waals surface area contributed by atoms with Gasteiger partial charge in [0.05, 0.1) is 0 Å². The van der Waals surface area contributed by atoms with E-state index in [9.17, 15) is 4.57 Å². The van der Waals surface area contributed by atoms with E-state index < -0.39 is 7.82 Å². The third kappa shape index (κ3) is 1.09. The highest BCUT2D eigenvalue weighted by atomic mass is 31.2. The van der Waals surface area contributed by atoms with Crippen LogP contribution in [0.25, 0.3) is 0 Å². The van der Waals surface area contributed by atoms with Gasteiger partial charge in [0.1, 0.15) is 0 Å². The van der Waals surface area contributed by atoms with Gasteiger partial charge in [-0.25, -0.2) is 4.57 Å². The van der Waals surface area contributed by atoms with E-state index in [2.05, 4.69) is 4.52 Å². The zero-order chi connectivity index (χ0) is 8.77. The van der Waals surface area contributed by atoms with Gasteiger partial charge in [-0.3, -0.25) is 4.89 Å². The molecule has 0 fully saturated rings. The van der Waals surface area contributed by atoms with Crippen LogP contribution < -0.4 is 9.05 Å². The molecule has 1 aliphatic heterocycles. The van der Waals surface area contributed by atoms with Gasteiger partial charge in [-0.05, 0) is 18.6 Å². The first kappa shape index (κ1) is 7.65. The van der Waals surface area contributed by atoms with Crippen molar-refractivity contribution in [1.29, 1.82) is 0 Å². The molecular formula is C7H7O4P. The monoisotopic (exact) mass is 186 g/mol. The van der Waals surface area contributed by atoms with Gasteiger partial charge in [0.2, 0.25) is 0 Å². The highest BCUT2D eigenvalue weighted by Crippen LogP contribution is 2.56. The molecule has 1 N–H and O–H groups in total. The number of rotatable bonds is 0. The Bertz CT molecular complexity index is 374. The lowest BCUT2D eigenvalue weighted by Crippen LogP contribution is -1.88. The van der Waals surface area contributed by atoms with Gasteiger partial charge in [0.15, 0.2) is 11.5 Å². The summed E-state index contributed by atoms with van der Waals surface area (Å²) in [5.41, 5.74) is 0.791. The molecule has 0 amide bonds. The minimum atomic E-state index is -3.85. The summed E-state index contributed by atoms with van der Waals surface area (Å²) in [6.45, 7) is 1.79. The van der Waals surface area contributed by atoms with Crippen molar-refractivity contribution < 1.29 is 18.5 Å². The van der Waals surface area contributed by atoms with Crippen LogP contribution >= 0.6 is 7.82 Å². The second kappa shape index (κ2) is 2.25. The molecule has 1 heterocycles. The quantitative estimate of drug-likeness (QED) is 0.628. The van der Waals surface area contributed by atoms with E-state index in [1.807, 2.05) is 0 Å². The van der Waals surface area contributed by atoms with Crippen LogP contribution in [0.3, 0.4) is 0 Å². The minimum absolute atomic E-state index is 0.334. The van der Waals surface area contributed by atoms with Gasteiger partial charge >= 0.3 is 7.82 Å². The number of hydrogen-bond acceptors (Lipinski definition) is 3. The summed E-state index contributed by atoms with van der Waals surface area (Å²) in [5.74, 6) is 0.698. The third-order valence-corrected chi connectivity index (χ3v) is 2.44. The molecule has 0 saturated heterocycles. The first-order valence-electron chi connectivity index (χ1n) is 3.40. The Hall–Kier alpha value is -0.990. The molecule has 1 atom stereocenters. The fourth-order valence-corrected chi connectivity index (χ4v) is 1.97. The molecule has 1 aliphatic rings. The van der Waals surface area contributed by atoms with Crippen molar-refractivity contribution in [3.63, 3.8) is 0 Å². The molecule has 5 heteroatoms. The second-order valence-corrected chi connectivity index (χ2v) is 3.86. The summed E-state index contributed by atoms with van der Waals surface area (Å²) in [4.78, 5) is 8.95. The van der Waals surface area contributed by atoms with Crippen LogP contribution in [0.4, 0.5) is 0 Å². The van der Waals surface area contributed by atoms with Crippen LogP contribution in [0.15, 0.2) is 18.2 Å². The number of fused-ring (bicyclic) bond motifs is 1. The molecule has 0 radical (unpaired) electrons. The lowest BCUT2D eigenvalue weighted by atomic mass is 10.2. The van der Waals surface area contributed by atoms with Crippen LogP contribution in [-0.2, 0) is 4.57 Å². The maximum Gasteiger partial charge on any atom is 0.585 e. The predicted molar refractivity (Wildman–Crippen MR) is 42.3 cm³/mol. The Morgan fingerprint density at radius 2 is 2.17 bits per heavy atom. The number of para-hydroxylation sites is 1. The Labute approximate surface area is 69.4 Å². The zero-order valence-corrected chi connectivity index (χ0v) is 7.25. The van der Waals surface area contributed by atoms with E-state index in [1.54, 1.807) is 25.1 Å². The van der Waals surface area contributed by atoms with Crippen molar-refractivity contribution in [1.82, 2.24) is 0 Å². The van der Waals surface area contributed by atoms with Gasteiger partial charge < -0.3 is 9.05 Å². The summed E-state index contributed by atoms with van der Waals surface area (Å²) in [6.07, 6.45) is 0. The lowest BCUT2D eigenvalue weighted by molar-refractivity contribution is 0.323. The van der Waals surface area contributed by atoms with Crippen LogP contribution in [-0.4, -0.2) is 4.89 Å². The first-order chi connectivity index (χ1) is 5.58. The molecule has 0 saturated carbocycles. The third-order valence-electron chi connectivity index (χ3n) is 1.60. The highest BCUT2D eigenvalue weighted by Gasteiger charge is 2.35. The predicted octanol–water partition coefficient (Wildman–Crippen LogP) is 1.87. The van der Waals surface area contributed by atoms with E-state index in [-0.39, 0.29) is 0 Å². The zero-order valence-electron chi connectivity index (χ0n) is 6.35. The van der Waals surface area contributed by atoms with E-state index in [0.29, 0.717) is 11.5 Å². The molecule has 1 unspecified atom stereocenters. The Balaban J connectivity index is 2.55. The summed E-state index contributed by atoms with van der Waals surface area (Å²) in [7, 11) is -3.85. The average Bonchev–Trinajstić information content (AvgIpc) is 2.25. The number of aryl methyl sites for hydroxylation is 1.